The van der Waals surface area contributed by atoms with Gasteiger partial charge in [0.2, 0.25) is 0 Å². The van der Waals surface area contributed by atoms with Crippen LogP contribution in [0.25, 0.3) is 0 Å². The third kappa shape index (κ3) is 2.40. The van der Waals surface area contributed by atoms with E-state index < -0.39 is 0 Å². The maximum atomic E-state index is 4.78. The van der Waals surface area contributed by atoms with Crippen LogP contribution in [0.5, 0.6) is 0 Å². The van der Waals surface area contributed by atoms with Gasteiger partial charge in [-0.2, -0.15) is 0 Å². The molecule has 1 atom stereocenters. The van der Waals surface area contributed by atoms with Crippen LogP contribution in [0, 0.1) is 0 Å². The lowest BCUT2D eigenvalue weighted by molar-refractivity contribution is 0.652. The first-order valence-electron chi connectivity index (χ1n) is 7.51. The summed E-state index contributed by atoms with van der Waals surface area (Å²) >= 11 is 0. The van der Waals surface area contributed by atoms with Crippen molar-refractivity contribution in [2.45, 2.75) is 39.0 Å². The van der Waals surface area contributed by atoms with Gasteiger partial charge >= 0.3 is 0 Å². The standard InChI is InChI=1S/C17H21N3/c1-3-7-13-11-16(18-4-2)20-17(19-13)15-10-12-8-5-6-9-14(12)15/h5-6,8-9,11,15H,3-4,7,10H2,1-2H3,(H,18,19,20). The summed E-state index contributed by atoms with van der Waals surface area (Å²) in [5, 5.41) is 3.32. The number of hydrogen-bond acceptors (Lipinski definition) is 3. The van der Waals surface area contributed by atoms with Gasteiger partial charge in [0.1, 0.15) is 11.6 Å². The number of fused-ring (bicyclic) bond motifs is 1. The predicted octanol–water partition coefficient (Wildman–Crippen LogP) is 3.55. The minimum Gasteiger partial charge on any atom is -0.370 e. The Balaban J connectivity index is 1.93. The fourth-order valence-electron chi connectivity index (χ4n) is 2.82. The summed E-state index contributed by atoms with van der Waals surface area (Å²) in [6.07, 6.45) is 3.20. The zero-order valence-electron chi connectivity index (χ0n) is 12.2. The first-order chi connectivity index (χ1) is 9.81. The number of anilines is 1. The van der Waals surface area contributed by atoms with E-state index in [1.54, 1.807) is 0 Å². The molecule has 20 heavy (non-hydrogen) atoms. The molecule has 3 heteroatoms. The number of benzene rings is 1. The Kier molecular flexibility index (Phi) is 3.68. The molecule has 0 fully saturated rings. The lowest BCUT2D eigenvalue weighted by Crippen LogP contribution is -2.21. The summed E-state index contributed by atoms with van der Waals surface area (Å²) in [5.41, 5.74) is 3.98. The number of hydrogen-bond donors (Lipinski definition) is 1. The molecule has 0 spiro atoms. The first-order valence-corrected chi connectivity index (χ1v) is 7.51. The van der Waals surface area contributed by atoms with E-state index in [2.05, 4.69) is 49.5 Å². The van der Waals surface area contributed by atoms with E-state index in [1.165, 1.54) is 11.1 Å². The van der Waals surface area contributed by atoms with Crippen molar-refractivity contribution < 1.29 is 0 Å². The smallest absolute Gasteiger partial charge is 0.138 e. The molecule has 1 N–H and O–H groups in total. The second-order valence-electron chi connectivity index (χ2n) is 5.34. The van der Waals surface area contributed by atoms with E-state index in [4.69, 9.17) is 9.97 Å². The highest BCUT2D eigenvalue weighted by molar-refractivity contribution is 5.46. The first kappa shape index (κ1) is 13.1. The number of nitrogens with zero attached hydrogens (tertiary/aromatic N) is 2. The van der Waals surface area contributed by atoms with Gasteiger partial charge < -0.3 is 5.32 Å². The molecule has 0 saturated heterocycles. The third-order valence-corrected chi connectivity index (χ3v) is 3.83. The molecule has 1 aromatic carbocycles. The molecule has 104 valence electrons. The van der Waals surface area contributed by atoms with Gasteiger partial charge in [0.05, 0.1) is 0 Å². The van der Waals surface area contributed by atoms with Crippen molar-refractivity contribution in [2.75, 3.05) is 11.9 Å². The number of rotatable bonds is 5. The van der Waals surface area contributed by atoms with Crippen molar-refractivity contribution in [1.29, 1.82) is 0 Å². The quantitative estimate of drug-likeness (QED) is 0.900. The maximum absolute atomic E-state index is 4.78. The average Bonchev–Trinajstić information content (AvgIpc) is 2.41. The molecule has 1 aromatic heterocycles. The van der Waals surface area contributed by atoms with Crippen LogP contribution in [-0.2, 0) is 12.8 Å². The fourth-order valence-corrected chi connectivity index (χ4v) is 2.82. The van der Waals surface area contributed by atoms with Crippen molar-refractivity contribution in [3.8, 4) is 0 Å². The van der Waals surface area contributed by atoms with E-state index in [0.29, 0.717) is 5.92 Å². The predicted molar refractivity (Wildman–Crippen MR) is 82.2 cm³/mol. The molecule has 0 aliphatic heterocycles. The molecular formula is C17H21N3. The van der Waals surface area contributed by atoms with Crippen molar-refractivity contribution in [3.05, 3.63) is 53.0 Å². The summed E-state index contributed by atoms with van der Waals surface area (Å²) in [6.45, 7) is 5.18. The zero-order valence-corrected chi connectivity index (χ0v) is 12.2. The minimum absolute atomic E-state index is 0.375. The molecule has 1 unspecified atom stereocenters. The van der Waals surface area contributed by atoms with Crippen LogP contribution < -0.4 is 5.32 Å². The van der Waals surface area contributed by atoms with Crippen molar-refractivity contribution >= 4 is 5.82 Å². The molecular weight excluding hydrogens is 246 g/mol. The molecule has 1 heterocycles. The second-order valence-corrected chi connectivity index (χ2v) is 5.34. The average molecular weight is 267 g/mol. The van der Waals surface area contributed by atoms with E-state index >= 15 is 0 Å². The molecule has 3 rings (SSSR count). The van der Waals surface area contributed by atoms with E-state index in [-0.39, 0.29) is 0 Å². The third-order valence-electron chi connectivity index (χ3n) is 3.83. The zero-order chi connectivity index (χ0) is 13.9. The highest BCUT2D eigenvalue weighted by Gasteiger charge is 2.29. The van der Waals surface area contributed by atoms with Gasteiger partial charge in [-0.25, -0.2) is 9.97 Å². The van der Waals surface area contributed by atoms with Crippen molar-refractivity contribution in [1.82, 2.24) is 9.97 Å². The Morgan fingerprint density at radius 2 is 2.05 bits per heavy atom. The van der Waals surface area contributed by atoms with Crippen molar-refractivity contribution in [2.24, 2.45) is 0 Å². The minimum atomic E-state index is 0.375. The van der Waals surface area contributed by atoms with Gasteiger partial charge in [0.15, 0.2) is 0 Å². The Hall–Kier alpha value is -1.90. The SMILES string of the molecule is CCCc1cc(NCC)nc(C2Cc3ccccc32)n1. The van der Waals surface area contributed by atoms with Crippen LogP contribution in [0.2, 0.25) is 0 Å². The van der Waals surface area contributed by atoms with Crippen LogP contribution in [0.1, 0.15) is 48.8 Å². The van der Waals surface area contributed by atoms with Crippen LogP contribution in [0.15, 0.2) is 30.3 Å². The molecule has 1 aliphatic carbocycles. The van der Waals surface area contributed by atoms with Gasteiger partial charge in [-0.15, -0.1) is 0 Å². The monoisotopic (exact) mass is 267 g/mol. The Bertz CT molecular complexity index is 583. The van der Waals surface area contributed by atoms with E-state index in [0.717, 1.165) is 43.1 Å². The normalized spacial score (nSPS) is 16.4. The number of aryl methyl sites for hydroxylation is 1. The van der Waals surface area contributed by atoms with Gasteiger partial charge in [0, 0.05) is 24.2 Å². The van der Waals surface area contributed by atoms with Gasteiger partial charge in [-0.05, 0) is 30.9 Å². The summed E-state index contributed by atoms with van der Waals surface area (Å²) in [6, 6.07) is 10.7. The summed E-state index contributed by atoms with van der Waals surface area (Å²) in [7, 11) is 0. The maximum Gasteiger partial charge on any atom is 0.138 e. The van der Waals surface area contributed by atoms with Crippen LogP contribution in [-0.4, -0.2) is 16.5 Å². The van der Waals surface area contributed by atoms with Crippen LogP contribution >= 0.6 is 0 Å². The molecule has 2 aromatic rings. The lowest BCUT2D eigenvalue weighted by atomic mass is 9.77. The second kappa shape index (κ2) is 5.61. The van der Waals surface area contributed by atoms with Crippen LogP contribution in [0.4, 0.5) is 5.82 Å². The lowest BCUT2D eigenvalue weighted by Gasteiger charge is -2.29. The number of aromatic nitrogens is 2. The number of nitrogens with one attached hydrogen (secondary N) is 1. The van der Waals surface area contributed by atoms with Crippen LogP contribution in [0.3, 0.4) is 0 Å². The topological polar surface area (TPSA) is 37.8 Å². The van der Waals surface area contributed by atoms with Crippen molar-refractivity contribution in [3.63, 3.8) is 0 Å². The fraction of sp³-hybridized carbons (Fsp3) is 0.412. The molecule has 0 amide bonds. The molecule has 0 radical (unpaired) electrons. The molecule has 0 bridgehead atoms. The van der Waals surface area contributed by atoms with Gasteiger partial charge in [0.25, 0.3) is 0 Å². The Morgan fingerprint density at radius 1 is 1.20 bits per heavy atom. The molecule has 3 nitrogen and oxygen atoms in total. The van der Waals surface area contributed by atoms with E-state index in [1.807, 2.05) is 0 Å². The van der Waals surface area contributed by atoms with E-state index in [9.17, 15) is 0 Å². The summed E-state index contributed by atoms with van der Waals surface area (Å²) in [5.74, 6) is 2.32. The summed E-state index contributed by atoms with van der Waals surface area (Å²) < 4.78 is 0. The Morgan fingerprint density at radius 3 is 2.80 bits per heavy atom. The van der Waals surface area contributed by atoms with Gasteiger partial charge in [-0.3, -0.25) is 0 Å². The Labute approximate surface area is 120 Å². The molecule has 1 aliphatic rings. The highest BCUT2D eigenvalue weighted by atomic mass is 15.0. The van der Waals surface area contributed by atoms with Gasteiger partial charge in [-0.1, -0.05) is 37.6 Å². The largest absolute Gasteiger partial charge is 0.370 e. The highest BCUT2D eigenvalue weighted by Crippen LogP contribution is 2.38. The molecule has 0 saturated carbocycles. The summed E-state index contributed by atoms with van der Waals surface area (Å²) in [4.78, 5) is 9.48.